The number of fused-ring (bicyclic) bond motifs is 1. The van der Waals surface area contributed by atoms with Crippen molar-refractivity contribution < 1.29 is 29.1 Å². The van der Waals surface area contributed by atoms with Crippen molar-refractivity contribution >= 4 is 40.5 Å². The second-order valence-corrected chi connectivity index (χ2v) is 10.1. The van der Waals surface area contributed by atoms with Gasteiger partial charge >= 0.3 is 5.97 Å². The van der Waals surface area contributed by atoms with Gasteiger partial charge in [-0.15, -0.1) is 0 Å². The number of nitrogens with one attached hydrogen (secondary N) is 4. The molecule has 14 heteroatoms. The second-order valence-electron chi connectivity index (χ2n) is 10.1. The highest BCUT2D eigenvalue weighted by atomic mass is 16.4. The Labute approximate surface area is 235 Å². The molecule has 14 nitrogen and oxygen atoms in total. The van der Waals surface area contributed by atoms with Gasteiger partial charge in [-0.25, -0.2) is 9.78 Å². The molecule has 4 atom stereocenters. The van der Waals surface area contributed by atoms with Gasteiger partial charge in [0.05, 0.1) is 12.4 Å². The number of primary amides is 1. The van der Waals surface area contributed by atoms with E-state index >= 15 is 0 Å². The maximum Gasteiger partial charge on any atom is 0.326 e. The number of imidazole rings is 1. The summed E-state index contributed by atoms with van der Waals surface area (Å²) >= 11 is 0. The highest BCUT2D eigenvalue weighted by Crippen LogP contribution is 2.23. The number of rotatable bonds is 13. The number of amides is 4. The lowest BCUT2D eigenvalue weighted by atomic mass is 10.0. The summed E-state index contributed by atoms with van der Waals surface area (Å²) in [5.74, 6) is -3.59. The summed E-state index contributed by atoms with van der Waals surface area (Å²) in [7, 11) is 0. The molecule has 4 rings (SSSR count). The second kappa shape index (κ2) is 13.1. The predicted molar refractivity (Wildman–Crippen MR) is 147 cm³/mol. The van der Waals surface area contributed by atoms with E-state index in [0.29, 0.717) is 18.5 Å². The van der Waals surface area contributed by atoms with Crippen LogP contribution in [-0.2, 0) is 36.8 Å². The van der Waals surface area contributed by atoms with Crippen LogP contribution in [-0.4, -0.2) is 85.3 Å². The molecule has 9 N–H and O–H groups in total. The fourth-order valence-corrected chi connectivity index (χ4v) is 5.01. The minimum absolute atomic E-state index is 0.00717. The highest BCUT2D eigenvalue weighted by Gasteiger charge is 2.38. The molecule has 0 spiro atoms. The van der Waals surface area contributed by atoms with Crippen LogP contribution in [0, 0.1) is 0 Å². The number of carbonyl (C=O) groups is 5. The van der Waals surface area contributed by atoms with Crippen molar-refractivity contribution in [1.82, 2.24) is 30.5 Å². The Balaban J connectivity index is 1.58. The molecule has 1 aromatic carbocycles. The van der Waals surface area contributed by atoms with Crippen LogP contribution in [0.1, 0.15) is 36.9 Å². The van der Waals surface area contributed by atoms with Gasteiger partial charge in [0.2, 0.25) is 23.6 Å². The van der Waals surface area contributed by atoms with E-state index in [1.165, 1.54) is 17.4 Å². The van der Waals surface area contributed by atoms with Crippen LogP contribution in [0.25, 0.3) is 10.9 Å². The first kappa shape index (κ1) is 29.3. The number of H-pyrrole nitrogens is 2. The first-order valence-corrected chi connectivity index (χ1v) is 13.3. The van der Waals surface area contributed by atoms with Crippen molar-refractivity contribution in [2.45, 2.75) is 62.7 Å². The van der Waals surface area contributed by atoms with Crippen molar-refractivity contribution in [2.24, 2.45) is 11.5 Å². The summed E-state index contributed by atoms with van der Waals surface area (Å²) in [6.45, 7) is 0.249. The molecule has 0 aliphatic carbocycles. The number of aliphatic carboxylic acids is 1. The number of carbonyl (C=O) groups excluding carboxylic acids is 4. The molecule has 4 amide bonds. The average molecular weight is 567 g/mol. The van der Waals surface area contributed by atoms with Crippen molar-refractivity contribution in [3.8, 4) is 0 Å². The molecule has 0 bridgehead atoms. The summed E-state index contributed by atoms with van der Waals surface area (Å²) in [5.41, 5.74) is 13.2. The molecule has 1 aliphatic rings. The van der Waals surface area contributed by atoms with Crippen molar-refractivity contribution in [3.63, 3.8) is 0 Å². The standard InChI is InChI=1S/C27H34N8O6/c28-18(7-8-23(29)36)24(37)33-20(11-16-13-30-14-32-16)25(38)34-21(26(39)35-9-3-6-22(35)27(40)41)10-15-12-31-19-5-2-1-4-17(15)19/h1-2,4-5,12-14,18,20-22,31H,3,6-11,28H2,(H2,29,36)(H,30,32)(H,33,37)(H,34,38)(H,40,41). The Morgan fingerprint density at radius 3 is 2.54 bits per heavy atom. The number of nitrogens with two attached hydrogens (primary N) is 2. The summed E-state index contributed by atoms with van der Waals surface area (Å²) < 4.78 is 0. The van der Waals surface area contributed by atoms with E-state index in [1.54, 1.807) is 6.20 Å². The largest absolute Gasteiger partial charge is 0.480 e. The summed E-state index contributed by atoms with van der Waals surface area (Å²) in [6.07, 6.45) is 5.49. The number of hydrogen-bond donors (Lipinski definition) is 7. The van der Waals surface area contributed by atoms with E-state index in [0.717, 1.165) is 16.5 Å². The zero-order valence-electron chi connectivity index (χ0n) is 22.3. The summed E-state index contributed by atoms with van der Waals surface area (Å²) in [4.78, 5) is 74.4. The van der Waals surface area contributed by atoms with Crippen LogP contribution in [0.2, 0.25) is 0 Å². The first-order chi connectivity index (χ1) is 19.6. The molecule has 1 fully saturated rings. The zero-order valence-corrected chi connectivity index (χ0v) is 22.3. The molecule has 1 saturated heterocycles. The predicted octanol–water partition coefficient (Wildman–Crippen LogP) is -0.686. The van der Waals surface area contributed by atoms with Gasteiger partial charge in [-0.3, -0.25) is 19.2 Å². The lowest BCUT2D eigenvalue weighted by Crippen LogP contribution is -2.58. The SMILES string of the molecule is NC(=O)CCC(N)C(=O)NC(Cc1cnc[nH]1)C(=O)NC(Cc1c[nH]c2ccccc12)C(=O)N1CCCC1C(=O)O. The third-order valence-corrected chi connectivity index (χ3v) is 7.18. The Bertz CT molecular complexity index is 1400. The van der Waals surface area contributed by atoms with Crippen molar-refractivity contribution in [3.05, 3.63) is 54.2 Å². The third-order valence-electron chi connectivity index (χ3n) is 7.18. The van der Waals surface area contributed by atoms with Gasteiger partial charge in [-0.05, 0) is 30.9 Å². The number of aromatic nitrogens is 3. The molecule has 3 aromatic rings. The molecule has 1 aliphatic heterocycles. The number of para-hydroxylation sites is 1. The van der Waals surface area contributed by atoms with E-state index in [4.69, 9.17) is 11.5 Å². The molecule has 41 heavy (non-hydrogen) atoms. The zero-order chi connectivity index (χ0) is 29.5. The van der Waals surface area contributed by atoms with Crippen molar-refractivity contribution in [2.75, 3.05) is 6.54 Å². The van der Waals surface area contributed by atoms with Crippen molar-refractivity contribution in [1.29, 1.82) is 0 Å². The quantitative estimate of drug-likeness (QED) is 0.140. The van der Waals surface area contributed by atoms with Gasteiger partial charge in [0.1, 0.15) is 18.1 Å². The number of benzene rings is 1. The van der Waals surface area contributed by atoms with E-state index in [-0.39, 0.29) is 32.2 Å². The molecule has 0 radical (unpaired) electrons. The van der Waals surface area contributed by atoms with Crippen LogP contribution in [0.4, 0.5) is 0 Å². The summed E-state index contributed by atoms with van der Waals surface area (Å²) in [6, 6.07) is 3.12. The fourth-order valence-electron chi connectivity index (χ4n) is 5.01. The first-order valence-electron chi connectivity index (χ1n) is 13.3. The molecule has 218 valence electrons. The van der Waals surface area contributed by atoms with Crippen LogP contribution < -0.4 is 22.1 Å². The fraction of sp³-hybridized carbons (Fsp3) is 0.407. The van der Waals surface area contributed by atoms with Gasteiger partial charge in [0, 0.05) is 54.8 Å². The van der Waals surface area contributed by atoms with Crippen LogP contribution in [0.5, 0.6) is 0 Å². The van der Waals surface area contributed by atoms with Crippen LogP contribution in [0.3, 0.4) is 0 Å². The topological polar surface area (TPSA) is 229 Å². The lowest BCUT2D eigenvalue weighted by Gasteiger charge is -2.29. The number of hydrogen-bond acceptors (Lipinski definition) is 7. The maximum atomic E-state index is 13.7. The molecule has 4 unspecified atom stereocenters. The minimum Gasteiger partial charge on any atom is -0.480 e. The van der Waals surface area contributed by atoms with Crippen LogP contribution >= 0.6 is 0 Å². The lowest BCUT2D eigenvalue weighted by molar-refractivity contribution is -0.149. The number of aromatic amines is 2. The van der Waals surface area contributed by atoms with Gasteiger partial charge in [-0.1, -0.05) is 18.2 Å². The smallest absolute Gasteiger partial charge is 0.326 e. The average Bonchev–Trinajstić information content (AvgIpc) is 3.72. The number of likely N-dealkylation sites (tertiary alicyclic amines) is 1. The molecular formula is C27H34N8O6. The Hall–Kier alpha value is -4.72. The number of carboxylic acid groups (broad SMARTS) is 1. The van der Waals surface area contributed by atoms with Gasteiger partial charge in [-0.2, -0.15) is 0 Å². The monoisotopic (exact) mass is 566 g/mol. The molecular weight excluding hydrogens is 532 g/mol. The van der Waals surface area contributed by atoms with E-state index < -0.39 is 53.8 Å². The van der Waals surface area contributed by atoms with Gasteiger partial charge < -0.3 is 42.1 Å². The highest BCUT2D eigenvalue weighted by molar-refractivity contribution is 5.95. The maximum absolute atomic E-state index is 13.7. The Morgan fingerprint density at radius 2 is 1.83 bits per heavy atom. The summed E-state index contributed by atoms with van der Waals surface area (Å²) in [5, 5.41) is 15.9. The molecule has 2 aromatic heterocycles. The van der Waals surface area contributed by atoms with Crippen LogP contribution in [0.15, 0.2) is 43.0 Å². The van der Waals surface area contributed by atoms with Gasteiger partial charge in [0.25, 0.3) is 0 Å². The third kappa shape index (κ3) is 7.28. The number of nitrogens with zero attached hydrogens (tertiary/aromatic N) is 2. The minimum atomic E-state index is -1.16. The molecule has 3 heterocycles. The number of carboxylic acids is 1. The molecule has 0 saturated carbocycles. The van der Waals surface area contributed by atoms with Gasteiger partial charge in [0.15, 0.2) is 0 Å². The normalized spacial score (nSPS) is 17.1. The van der Waals surface area contributed by atoms with E-state index in [1.807, 2.05) is 24.3 Å². The Kier molecular flexibility index (Phi) is 9.34. The van der Waals surface area contributed by atoms with E-state index in [9.17, 15) is 29.1 Å². The van der Waals surface area contributed by atoms with E-state index in [2.05, 4.69) is 25.6 Å². The Morgan fingerprint density at radius 1 is 1.07 bits per heavy atom.